The van der Waals surface area contributed by atoms with Gasteiger partial charge >= 0.3 is 0 Å². The molecular formula is C17H26. The fourth-order valence-electron chi connectivity index (χ4n) is 1.99. The average molecular weight is 230 g/mol. The summed E-state index contributed by atoms with van der Waals surface area (Å²) in [7, 11) is 0. The number of unbranched alkanes of at least 4 members (excludes halogenated alkanes) is 6. The smallest absolute Gasteiger partial charge is 0.00975 e. The van der Waals surface area contributed by atoms with E-state index in [2.05, 4.69) is 49.4 Å². The van der Waals surface area contributed by atoms with Crippen LogP contribution >= 0.6 is 0 Å². The summed E-state index contributed by atoms with van der Waals surface area (Å²) in [5.74, 6) is 0. The third-order valence-corrected chi connectivity index (χ3v) is 3.09. The Kier molecular flexibility index (Phi) is 8.36. The van der Waals surface area contributed by atoms with Gasteiger partial charge in [-0.25, -0.2) is 0 Å². The van der Waals surface area contributed by atoms with Crippen LogP contribution in [-0.2, 0) is 6.42 Å². The summed E-state index contributed by atoms with van der Waals surface area (Å²) < 4.78 is 0. The topological polar surface area (TPSA) is 0 Å². The maximum Gasteiger partial charge on any atom is -0.00975 e. The van der Waals surface area contributed by atoms with Crippen molar-refractivity contribution in [3.8, 4) is 0 Å². The largest absolute Gasteiger partial charge is 0.0882 e. The van der Waals surface area contributed by atoms with Gasteiger partial charge in [0.05, 0.1) is 0 Å². The first-order valence-electron chi connectivity index (χ1n) is 7.12. The molecular weight excluding hydrogens is 204 g/mol. The van der Waals surface area contributed by atoms with Gasteiger partial charge in [-0.3, -0.25) is 0 Å². The molecule has 17 heavy (non-hydrogen) atoms. The molecule has 0 unspecified atom stereocenters. The van der Waals surface area contributed by atoms with Crippen molar-refractivity contribution in [1.82, 2.24) is 0 Å². The number of benzene rings is 1. The Bertz CT molecular complexity index is 284. The SMILES string of the molecule is CCCCCCCCC=CCc1ccccc1. The van der Waals surface area contributed by atoms with E-state index in [-0.39, 0.29) is 0 Å². The third-order valence-electron chi connectivity index (χ3n) is 3.09. The minimum absolute atomic E-state index is 1.08. The molecule has 0 aliphatic heterocycles. The highest BCUT2D eigenvalue weighted by molar-refractivity contribution is 5.17. The van der Waals surface area contributed by atoms with Crippen molar-refractivity contribution in [2.75, 3.05) is 0 Å². The first-order chi connectivity index (χ1) is 8.43. The van der Waals surface area contributed by atoms with Crippen LogP contribution in [0.1, 0.15) is 57.4 Å². The Morgan fingerprint density at radius 1 is 0.824 bits per heavy atom. The quantitative estimate of drug-likeness (QED) is 0.386. The van der Waals surface area contributed by atoms with Gasteiger partial charge in [0.25, 0.3) is 0 Å². The molecule has 1 aromatic carbocycles. The molecule has 0 aliphatic carbocycles. The summed E-state index contributed by atoms with van der Waals surface area (Å²) in [5.41, 5.74) is 1.41. The van der Waals surface area contributed by atoms with E-state index in [9.17, 15) is 0 Å². The monoisotopic (exact) mass is 230 g/mol. The molecule has 0 heteroatoms. The van der Waals surface area contributed by atoms with Crippen LogP contribution in [0, 0.1) is 0 Å². The molecule has 0 saturated carbocycles. The second-order valence-electron chi connectivity index (χ2n) is 4.72. The summed E-state index contributed by atoms with van der Waals surface area (Å²) in [6, 6.07) is 10.7. The van der Waals surface area contributed by atoms with Gasteiger partial charge in [0.2, 0.25) is 0 Å². The maximum atomic E-state index is 2.34. The molecule has 1 aromatic rings. The Labute approximate surface area is 107 Å². The van der Waals surface area contributed by atoms with E-state index in [0.29, 0.717) is 0 Å². The Hall–Kier alpha value is -1.04. The van der Waals surface area contributed by atoms with Gasteiger partial charge in [0.15, 0.2) is 0 Å². The van der Waals surface area contributed by atoms with Crippen LogP contribution in [-0.4, -0.2) is 0 Å². The average Bonchev–Trinajstić information content (AvgIpc) is 2.38. The highest BCUT2D eigenvalue weighted by Gasteiger charge is 1.89. The zero-order chi connectivity index (χ0) is 12.2. The summed E-state index contributed by atoms with van der Waals surface area (Å²) in [6.07, 6.45) is 15.3. The number of hydrogen-bond donors (Lipinski definition) is 0. The van der Waals surface area contributed by atoms with Crippen LogP contribution in [0.2, 0.25) is 0 Å². The molecule has 0 amide bonds. The fraction of sp³-hybridized carbons (Fsp3) is 0.529. The van der Waals surface area contributed by atoms with E-state index >= 15 is 0 Å². The van der Waals surface area contributed by atoms with Gasteiger partial charge in [-0.2, -0.15) is 0 Å². The fourth-order valence-corrected chi connectivity index (χ4v) is 1.99. The van der Waals surface area contributed by atoms with Gasteiger partial charge in [0.1, 0.15) is 0 Å². The van der Waals surface area contributed by atoms with E-state index in [1.807, 2.05) is 0 Å². The zero-order valence-corrected chi connectivity index (χ0v) is 11.2. The molecule has 0 radical (unpaired) electrons. The third kappa shape index (κ3) is 7.79. The summed E-state index contributed by atoms with van der Waals surface area (Å²) in [6.45, 7) is 2.27. The van der Waals surface area contributed by atoms with Crippen molar-refractivity contribution < 1.29 is 0 Å². The van der Waals surface area contributed by atoms with Crippen molar-refractivity contribution in [2.24, 2.45) is 0 Å². The highest BCUT2D eigenvalue weighted by Crippen LogP contribution is 2.07. The molecule has 0 spiro atoms. The van der Waals surface area contributed by atoms with Crippen LogP contribution < -0.4 is 0 Å². The minimum Gasteiger partial charge on any atom is -0.0882 e. The molecule has 0 atom stereocenters. The predicted molar refractivity (Wildman–Crippen MR) is 77.3 cm³/mol. The van der Waals surface area contributed by atoms with E-state index in [1.165, 1.54) is 50.5 Å². The van der Waals surface area contributed by atoms with Crippen LogP contribution in [0.25, 0.3) is 0 Å². The van der Waals surface area contributed by atoms with Crippen molar-refractivity contribution in [1.29, 1.82) is 0 Å². The minimum atomic E-state index is 1.08. The Balaban J connectivity index is 1.96. The van der Waals surface area contributed by atoms with Crippen LogP contribution in [0.15, 0.2) is 42.5 Å². The number of allylic oxidation sites excluding steroid dienone is 2. The summed E-state index contributed by atoms with van der Waals surface area (Å²) in [4.78, 5) is 0. The lowest BCUT2D eigenvalue weighted by atomic mass is 10.1. The van der Waals surface area contributed by atoms with E-state index in [1.54, 1.807) is 0 Å². The molecule has 0 N–H and O–H groups in total. The predicted octanol–water partition coefficient (Wildman–Crippen LogP) is 5.54. The molecule has 0 saturated heterocycles. The van der Waals surface area contributed by atoms with Crippen molar-refractivity contribution in [3.05, 3.63) is 48.0 Å². The molecule has 0 heterocycles. The molecule has 0 aromatic heterocycles. The van der Waals surface area contributed by atoms with Gasteiger partial charge < -0.3 is 0 Å². The zero-order valence-electron chi connectivity index (χ0n) is 11.2. The van der Waals surface area contributed by atoms with Crippen molar-refractivity contribution in [2.45, 2.75) is 58.3 Å². The summed E-state index contributed by atoms with van der Waals surface area (Å²) in [5, 5.41) is 0. The Morgan fingerprint density at radius 2 is 1.53 bits per heavy atom. The summed E-state index contributed by atoms with van der Waals surface area (Å²) >= 11 is 0. The second kappa shape index (κ2) is 10.1. The molecule has 0 fully saturated rings. The second-order valence-corrected chi connectivity index (χ2v) is 4.72. The van der Waals surface area contributed by atoms with Crippen molar-refractivity contribution >= 4 is 0 Å². The van der Waals surface area contributed by atoms with E-state index in [0.717, 1.165) is 6.42 Å². The Morgan fingerprint density at radius 3 is 2.29 bits per heavy atom. The van der Waals surface area contributed by atoms with Gasteiger partial charge in [0, 0.05) is 0 Å². The van der Waals surface area contributed by atoms with Crippen LogP contribution in [0.5, 0.6) is 0 Å². The maximum absolute atomic E-state index is 2.34. The molecule has 1 rings (SSSR count). The lowest BCUT2D eigenvalue weighted by Gasteiger charge is -1.98. The molecule has 94 valence electrons. The van der Waals surface area contributed by atoms with Crippen molar-refractivity contribution in [3.63, 3.8) is 0 Å². The van der Waals surface area contributed by atoms with Gasteiger partial charge in [-0.1, -0.05) is 81.5 Å². The first-order valence-corrected chi connectivity index (χ1v) is 7.12. The normalized spacial score (nSPS) is 11.1. The van der Waals surface area contributed by atoms with Gasteiger partial charge in [-0.15, -0.1) is 0 Å². The number of rotatable bonds is 9. The van der Waals surface area contributed by atoms with Crippen LogP contribution in [0.3, 0.4) is 0 Å². The van der Waals surface area contributed by atoms with E-state index in [4.69, 9.17) is 0 Å². The van der Waals surface area contributed by atoms with Gasteiger partial charge in [-0.05, 0) is 24.8 Å². The molecule has 0 aliphatic rings. The standard InChI is InChI=1S/C17H26/c1-2-3-4-5-6-7-8-9-11-14-17-15-12-10-13-16-17/h9-13,15-16H,2-8,14H2,1H3. The first kappa shape index (κ1) is 14.0. The lowest BCUT2D eigenvalue weighted by Crippen LogP contribution is -1.80. The highest BCUT2D eigenvalue weighted by atomic mass is 13.9. The number of hydrogen-bond acceptors (Lipinski definition) is 0. The molecule has 0 nitrogen and oxygen atoms in total. The molecule has 0 bridgehead atoms. The van der Waals surface area contributed by atoms with Crippen LogP contribution in [0.4, 0.5) is 0 Å². The van der Waals surface area contributed by atoms with E-state index < -0.39 is 0 Å². The lowest BCUT2D eigenvalue weighted by molar-refractivity contribution is 0.611.